The van der Waals surface area contributed by atoms with E-state index in [1.807, 2.05) is 0 Å². The van der Waals surface area contributed by atoms with Gasteiger partial charge in [-0.3, -0.25) is 4.79 Å². The number of thiazole rings is 1. The number of anilines is 2. The van der Waals surface area contributed by atoms with E-state index in [1.165, 1.54) is 17.4 Å². The molecule has 2 heterocycles. The summed E-state index contributed by atoms with van der Waals surface area (Å²) in [5.74, 6) is -0.103. The second-order valence-electron chi connectivity index (χ2n) is 4.89. The van der Waals surface area contributed by atoms with E-state index in [9.17, 15) is 9.18 Å². The van der Waals surface area contributed by atoms with Crippen molar-refractivity contribution in [2.75, 3.05) is 5.32 Å². The van der Waals surface area contributed by atoms with Gasteiger partial charge in [-0.05, 0) is 12.1 Å². The number of carbonyl (C=O) groups excluding carboxylic acids is 1. The predicted molar refractivity (Wildman–Crippen MR) is 89.4 cm³/mol. The molecule has 8 heteroatoms. The second-order valence-corrected chi connectivity index (χ2v) is 5.74. The molecular formula is C16H14FN5OS. The fraction of sp³-hybridized carbons (Fsp3) is 0.125. The summed E-state index contributed by atoms with van der Waals surface area (Å²) in [7, 11) is 0. The number of nitrogens with zero attached hydrogens (tertiary/aromatic N) is 3. The highest BCUT2D eigenvalue weighted by atomic mass is 32.1. The molecule has 0 radical (unpaired) electrons. The molecular weight excluding hydrogens is 329 g/mol. The molecule has 0 atom stereocenters. The van der Waals surface area contributed by atoms with Crippen molar-refractivity contribution in [2.45, 2.75) is 13.0 Å². The molecule has 2 N–H and O–H groups in total. The zero-order valence-electron chi connectivity index (χ0n) is 12.6. The Morgan fingerprint density at radius 1 is 1.17 bits per heavy atom. The van der Waals surface area contributed by atoms with Crippen LogP contribution in [-0.4, -0.2) is 20.9 Å². The SMILES string of the molecule is O=C(Cc1csc(Nc2ncccn2)n1)NCc1ccccc1F. The average molecular weight is 343 g/mol. The van der Waals surface area contributed by atoms with Gasteiger partial charge in [-0.25, -0.2) is 19.3 Å². The topological polar surface area (TPSA) is 79.8 Å². The molecule has 3 rings (SSSR count). The van der Waals surface area contributed by atoms with Gasteiger partial charge in [-0.2, -0.15) is 0 Å². The highest BCUT2D eigenvalue weighted by Crippen LogP contribution is 2.18. The third kappa shape index (κ3) is 4.32. The molecule has 6 nitrogen and oxygen atoms in total. The van der Waals surface area contributed by atoms with Crippen LogP contribution in [0.1, 0.15) is 11.3 Å². The highest BCUT2D eigenvalue weighted by molar-refractivity contribution is 7.13. The number of hydrogen-bond acceptors (Lipinski definition) is 6. The standard InChI is InChI=1S/C16H14FN5OS/c17-13-5-2-1-4-11(13)9-20-14(23)8-12-10-24-16(21-12)22-15-18-6-3-7-19-15/h1-7,10H,8-9H2,(H,20,23)(H,18,19,21,22). The molecule has 0 aliphatic rings. The van der Waals surface area contributed by atoms with E-state index in [2.05, 4.69) is 25.6 Å². The fourth-order valence-electron chi connectivity index (χ4n) is 1.97. The van der Waals surface area contributed by atoms with E-state index < -0.39 is 0 Å². The number of nitrogens with one attached hydrogen (secondary N) is 2. The van der Waals surface area contributed by atoms with E-state index in [1.54, 1.807) is 42.0 Å². The van der Waals surface area contributed by atoms with Gasteiger partial charge in [-0.1, -0.05) is 18.2 Å². The van der Waals surface area contributed by atoms with Crippen LogP contribution in [-0.2, 0) is 17.8 Å². The van der Waals surface area contributed by atoms with Crippen LogP contribution in [0.25, 0.3) is 0 Å². The summed E-state index contributed by atoms with van der Waals surface area (Å²) >= 11 is 1.36. The molecule has 2 aromatic heterocycles. The van der Waals surface area contributed by atoms with Crippen LogP contribution in [0.15, 0.2) is 48.1 Å². The smallest absolute Gasteiger partial charge is 0.228 e. The first-order chi connectivity index (χ1) is 11.7. The highest BCUT2D eigenvalue weighted by Gasteiger charge is 2.09. The van der Waals surface area contributed by atoms with Gasteiger partial charge in [0.05, 0.1) is 12.1 Å². The van der Waals surface area contributed by atoms with Crippen LogP contribution in [0.3, 0.4) is 0 Å². The lowest BCUT2D eigenvalue weighted by molar-refractivity contribution is -0.120. The monoisotopic (exact) mass is 343 g/mol. The number of hydrogen-bond donors (Lipinski definition) is 2. The first-order valence-corrected chi connectivity index (χ1v) is 8.07. The van der Waals surface area contributed by atoms with Crippen LogP contribution in [0.2, 0.25) is 0 Å². The molecule has 1 aromatic carbocycles. The molecule has 122 valence electrons. The van der Waals surface area contributed by atoms with Crippen molar-refractivity contribution in [2.24, 2.45) is 0 Å². The lowest BCUT2D eigenvalue weighted by Crippen LogP contribution is -2.25. The van der Waals surface area contributed by atoms with Crippen molar-refractivity contribution in [3.63, 3.8) is 0 Å². The molecule has 0 saturated carbocycles. The van der Waals surface area contributed by atoms with E-state index in [-0.39, 0.29) is 24.7 Å². The van der Waals surface area contributed by atoms with Crippen molar-refractivity contribution < 1.29 is 9.18 Å². The Kier molecular flexibility index (Phi) is 5.07. The van der Waals surface area contributed by atoms with Gasteiger partial charge >= 0.3 is 0 Å². The summed E-state index contributed by atoms with van der Waals surface area (Å²) in [6.45, 7) is 0.151. The minimum atomic E-state index is -0.333. The summed E-state index contributed by atoms with van der Waals surface area (Å²) in [5.41, 5.74) is 1.08. The molecule has 1 amide bonds. The predicted octanol–water partition coefficient (Wildman–Crippen LogP) is 2.67. The van der Waals surface area contributed by atoms with Crippen molar-refractivity contribution in [1.82, 2.24) is 20.3 Å². The normalized spacial score (nSPS) is 10.4. The Morgan fingerprint density at radius 2 is 1.96 bits per heavy atom. The number of halogens is 1. The van der Waals surface area contributed by atoms with Gasteiger partial charge in [0, 0.05) is 29.9 Å². The maximum atomic E-state index is 13.5. The zero-order chi connectivity index (χ0) is 16.8. The first-order valence-electron chi connectivity index (χ1n) is 7.19. The van der Waals surface area contributed by atoms with Gasteiger partial charge < -0.3 is 10.6 Å². The van der Waals surface area contributed by atoms with Crippen molar-refractivity contribution in [3.05, 3.63) is 65.2 Å². The average Bonchev–Trinajstić information content (AvgIpc) is 3.02. The van der Waals surface area contributed by atoms with Crippen molar-refractivity contribution >= 4 is 28.3 Å². The van der Waals surface area contributed by atoms with Crippen molar-refractivity contribution in [3.8, 4) is 0 Å². The molecule has 24 heavy (non-hydrogen) atoms. The molecule has 0 aliphatic heterocycles. The summed E-state index contributed by atoms with van der Waals surface area (Å²) < 4.78 is 13.5. The maximum absolute atomic E-state index is 13.5. The van der Waals surface area contributed by atoms with Crippen LogP contribution in [0.5, 0.6) is 0 Å². The number of benzene rings is 1. The molecule has 3 aromatic rings. The van der Waals surface area contributed by atoms with E-state index in [0.29, 0.717) is 22.3 Å². The molecule has 0 spiro atoms. The van der Waals surface area contributed by atoms with Gasteiger partial charge in [0.1, 0.15) is 5.82 Å². The van der Waals surface area contributed by atoms with Crippen LogP contribution >= 0.6 is 11.3 Å². The van der Waals surface area contributed by atoms with E-state index in [0.717, 1.165) is 0 Å². The number of aromatic nitrogens is 3. The summed E-state index contributed by atoms with van der Waals surface area (Å²) in [4.78, 5) is 24.4. The first kappa shape index (κ1) is 16.0. The summed E-state index contributed by atoms with van der Waals surface area (Å²) in [6, 6.07) is 8.07. The molecule has 0 fully saturated rings. The number of rotatable bonds is 6. The Labute approximate surface area is 141 Å². The van der Waals surface area contributed by atoms with Gasteiger partial charge in [0.25, 0.3) is 0 Å². The van der Waals surface area contributed by atoms with Gasteiger partial charge in [-0.15, -0.1) is 11.3 Å². The maximum Gasteiger partial charge on any atom is 0.228 e. The summed E-state index contributed by atoms with van der Waals surface area (Å²) in [5, 5.41) is 8.05. The Morgan fingerprint density at radius 3 is 2.75 bits per heavy atom. The third-order valence-corrected chi connectivity index (χ3v) is 3.92. The van der Waals surface area contributed by atoms with Crippen LogP contribution in [0, 0.1) is 5.82 Å². The quantitative estimate of drug-likeness (QED) is 0.719. The summed E-state index contributed by atoms with van der Waals surface area (Å²) in [6.07, 6.45) is 3.38. The minimum Gasteiger partial charge on any atom is -0.352 e. The van der Waals surface area contributed by atoms with E-state index >= 15 is 0 Å². The Hall–Kier alpha value is -2.87. The zero-order valence-corrected chi connectivity index (χ0v) is 13.4. The third-order valence-electron chi connectivity index (χ3n) is 3.11. The number of carbonyl (C=O) groups is 1. The van der Waals surface area contributed by atoms with E-state index in [4.69, 9.17) is 0 Å². The van der Waals surface area contributed by atoms with Crippen LogP contribution < -0.4 is 10.6 Å². The van der Waals surface area contributed by atoms with Crippen LogP contribution in [0.4, 0.5) is 15.5 Å². The fourth-order valence-corrected chi connectivity index (χ4v) is 2.67. The van der Waals surface area contributed by atoms with Gasteiger partial charge in [0.2, 0.25) is 11.9 Å². The molecule has 0 unspecified atom stereocenters. The lowest BCUT2D eigenvalue weighted by Gasteiger charge is -2.05. The number of amides is 1. The largest absolute Gasteiger partial charge is 0.352 e. The Balaban J connectivity index is 1.53. The minimum absolute atomic E-state index is 0.127. The molecule has 0 bridgehead atoms. The Bertz CT molecular complexity index is 824. The lowest BCUT2D eigenvalue weighted by atomic mass is 10.2. The molecule has 0 aliphatic carbocycles. The second kappa shape index (κ2) is 7.60. The van der Waals surface area contributed by atoms with Crippen molar-refractivity contribution in [1.29, 1.82) is 0 Å². The van der Waals surface area contributed by atoms with Gasteiger partial charge in [0.15, 0.2) is 5.13 Å². The molecule has 0 saturated heterocycles.